The lowest BCUT2D eigenvalue weighted by Crippen LogP contribution is -2.46. The Balaban J connectivity index is 1.80. The number of rotatable bonds is 1. The van der Waals surface area contributed by atoms with Crippen molar-refractivity contribution in [2.45, 2.75) is 18.1 Å². The lowest BCUT2D eigenvalue weighted by Gasteiger charge is -2.34. The summed E-state index contributed by atoms with van der Waals surface area (Å²) in [5.74, 6) is 0.941. The molecule has 4 nitrogen and oxygen atoms in total. The number of anilines is 1. The number of hydrogen-bond donors (Lipinski definition) is 1. The van der Waals surface area contributed by atoms with E-state index in [1.165, 1.54) is 0 Å². The van der Waals surface area contributed by atoms with Gasteiger partial charge < -0.3 is 14.7 Å². The van der Waals surface area contributed by atoms with Gasteiger partial charge in [-0.15, -0.1) is 0 Å². The Morgan fingerprint density at radius 1 is 1.62 bits per heavy atom. The molecule has 5 heteroatoms. The van der Waals surface area contributed by atoms with E-state index in [0.29, 0.717) is 6.61 Å². The first-order chi connectivity index (χ1) is 7.70. The van der Waals surface area contributed by atoms with E-state index in [9.17, 15) is 5.11 Å². The minimum Gasteiger partial charge on any atom is -0.390 e. The van der Waals surface area contributed by atoms with Crippen LogP contribution in [0.2, 0.25) is 0 Å². The molecule has 3 rings (SSSR count). The number of aliphatic hydroxyl groups excluding tert-OH is 1. The lowest BCUT2D eigenvalue weighted by atomic mass is 10.2. The van der Waals surface area contributed by atoms with Crippen LogP contribution < -0.4 is 4.90 Å². The molecule has 0 aromatic carbocycles. The molecule has 86 valence electrons. The van der Waals surface area contributed by atoms with Gasteiger partial charge in [0, 0.05) is 23.6 Å². The fourth-order valence-corrected chi connectivity index (χ4v) is 2.49. The fourth-order valence-electron chi connectivity index (χ4n) is 2.16. The maximum atomic E-state index is 9.58. The van der Waals surface area contributed by atoms with Crippen molar-refractivity contribution in [2.75, 3.05) is 24.6 Å². The summed E-state index contributed by atoms with van der Waals surface area (Å²) in [6.07, 6.45) is 2.23. The third-order valence-electron chi connectivity index (χ3n) is 3.23. The summed E-state index contributed by atoms with van der Waals surface area (Å²) in [4.78, 5) is 6.51. The molecule has 16 heavy (non-hydrogen) atoms. The summed E-state index contributed by atoms with van der Waals surface area (Å²) >= 11 is 3.44. The van der Waals surface area contributed by atoms with Crippen molar-refractivity contribution in [1.29, 1.82) is 0 Å². The average Bonchev–Trinajstić information content (AvgIpc) is 2.88. The van der Waals surface area contributed by atoms with Gasteiger partial charge >= 0.3 is 0 Å². The Morgan fingerprint density at radius 2 is 2.44 bits per heavy atom. The molecule has 2 atom stereocenters. The topological polar surface area (TPSA) is 45.6 Å². The number of hydrogen-bond acceptors (Lipinski definition) is 4. The smallest absolute Gasteiger partial charge is 0.129 e. The molecule has 1 aromatic rings. The zero-order valence-corrected chi connectivity index (χ0v) is 10.4. The normalized spacial score (nSPS) is 33.1. The van der Waals surface area contributed by atoms with E-state index < -0.39 is 0 Å². The van der Waals surface area contributed by atoms with Gasteiger partial charge in [0.05, 0.1) is 19.3 Å². The van der Waals surface area contributed by atoms with Crippen LogP contribution in [0, 0.1) is 0 Å². The Morgan fingerprint density at radius 3 is 3.12 bits per heavy atom. The van der Waals surface area contributed by atoms with Crippen LogP contribution in [-0.2, 0) is 4.74 Å². The first-order valence-electron chi connectivity index (χ1n) is 5.38. The number of halogens is 1. The van der Waals surface area contributed by atoms with Crippen LogP contribution in [0.15, 0.2) is 22.8 Å². The Kier molecular flexibility index (Phi) is 2.42. The Hall–Kier alpha value is -0.650. The molecular weight excluding hydrogens is 272 g/mol. The molecule has 1 saturated heterocycles. The Bertz CT molecular complexity index is 415. The van der Waals surface area contributed by atoms with Crippen LogP contribution in [0.25, 0.3) is 0 Å². The number of ether oxygens (including phenoxy) is 1. The van der Waals surface area contributed by atoms with Crippen LogP contribution in [0.3, 0.4) is 0 Å². The number of pyridine rings is 1. The number of morpholine rings is 1. The van der Waals surface area contributed by atoms with Crippen LogP contribution >= 0.6 is 15.9 Å². The molecule has 1 aromatic heterocycles. The predicted octanol–water partition coefficient (Wildman–Crippen LogP) is 1.18. The highest BCUT2D eigenvalue weighted by atomic mass is 79.9. The van der Waals surface area contributed by atoms with Crippen molar-refractivity contribution in [3.63, 3.8) is 0 Å². The van der Waals surface area contributed by atoms with Gasteiger partial charge in [-0.05, 0) is 12.1 Å². The number of aromatic nitrogens is 1. The zero-order chi connectivity index (χ0) is 11.2. The Labute approximate surface area is 102 Å². The first-order valence-corrected chi connectivity index (χ1v) is 6.17. The number of nitrogens with zero attached hydrogens (tertiary/aromatic N) is 2. The van der Waals surface area contributed by atoms with Gasteiger partial charge in [-0.2, -0.15) is 0 Å². The molecule has 0 amide bonds. The van der Waals surface area contributed by atoms with Crippen LogP contribution in [0.5, 0.6) is 0 Å². The molecule has 0 radical (unpaired) electrons. The monoisotopic (exact) mass is 284 g/mol. The molecule has 2 aliphatic rings. The maximum absolute atomic E-state index is 9.58. The molecule has 1 saturated carbocycles. The van der Waals surface area contributed by atoms with Crippen molar-refractivity contribution in [3.05, 3.63) is 22.8 Å². The molecule has 2 heterocycles. The summed E-state index contributed by atoms with van der Waals surface area (Å²) < 4.78 is 6.66. The van der Waals surface area contributed by atoms with E-state index in [2.05, 4.69) is 25.8 Å². The van der Waals surface area contributed by atoms with Gasteiger partial charge in [-0.25, -0.2) is 4.98 Å². The van der Waals surface area contributed by atoms with Crippen molar-refractivity contribution in [2.24, 2.45) is 0 Å². The summed E-state index contributed by atoms with van der Waals surface area (Å²) in [5, 5.41) is 9.58. The maximum Gasteiger partial charge on any atom is 0.129 e. The summed E-state index contributed by atoms with van der Waals surface area (Å²) in [6.45, 7) is 2.22. The van der Waals surface area contributed by atoms with E-state index in [-0.39, 0.29) is 11.7 Å². The highest BCUT2D eigenvalue weighted by Gasteiger charge is 2.57. The standard InChI is InChI=1S/C11H13BrN2O2/c12-8-1-2-13-10(5-8)14-3-4-16-11(7-14)6-9(11)15/h1-2,5,9,15H,3-4,6-7H2. The van der Waals surface area contributed by atoms with E-state index in [4.69, 9.17) is 4.74 Å². The fraction of sp³-hybridized carbons (Fsp3) is 0.545. The molecule has 1 spiro atoms. The van der Waals surface area contributed by atoms with Crippen LogP contribution in [-0.4, -0.2) is 41.5 Å². The predicted molar refractivity (Wildman–Crippen MR) is 63.5 cm³/mol. The molecule has 1 aliphatic carbocycles. The summed E-state index contributed by atoms with van der Waals surface area (Å²) in [7, 11) is 0. The summed E-state index contributed by atoms with van der Waals surface area (Å²) in [6, 6.07) is 3.90. The highest BCUT2D eigenvalue weighted by molar-refractivity contribution is 9.10. The minimum atomic E-state index is -0.317. The van der Waals surface area contributed by atoms with Crippen molar-refractivity contribution in [3.8, 4) is 0 Å². The van der Waals surface area contributed by atoms with E-state index in [0.717, 1.165) is 29.8 Å². The van der Waals surface area contributed by atoms with Gasteiger partial charge in [0.25, 0.3) is 0 Å². The molecule has 2 fully saturated rings. The highest BCUT2D eigenvalue weighted by Crippen LogP contribution is 2.43. The lowest BCUT2D eigenvalue weighted by molar-refractivity contribution is -0.0104. The van der Waals surface area contributed by atoms with Crippen LogP contribution in [0.4, 0.5) is 5.82 Å². The van der Waals surface area contributed by atoms with Crippen molar-refractivity contribution < 1.29 is 9.84 Å². The van der Waals surface area contributed by atoms with Gasteiger partial charge in [0.1, 0.15) is 11.4 Å². The molecule has 1 aliphatic heterocycles. The second-order valence-electron chi connectivity index (χ2n) is 4.39. The van der Waals surface area contributed by atoms with Crippen molar-refractivity contribution in [1.82, 2.24) is 4.98 Å². The molecular formula is C11H13BrN2O2. The largest absolute Gasteiger partial charge is 0.390 e. The van der Waals surface area contributed by atoms with Gasteiger partial charge in [0.15, 0.2) is 0 Å². The van der Waals surface area contributed by atoms with E-state index in [1.54, 1.807) is 6.20 Å². The number of aliphatic hydroxyl groups is 1. The summed E-state index contributed by atoms with van der Waals surface area (Å²) in [5.41, 5.74) is -0.317. The molecule has 0 bridgehead atoms. The van der Waals surface area contributed by atoms with Gasteiger partial charge in [0.2, 0.25) is 0 Å². The average molecular weight is 285 g/mol. The third-order valence-corrected chi connectivity index (χ3v) is 3.72. The van der Waals surface area contributed by atoms with E-state index in [1.807, 2.05) is 12.1 Å². The van der Waals surface area contributed by atoms with E-state index >= 15 is 0 Å². The van der Waals surface area contributed by atoms with Gasteiger partial charge in [-0.3, -0.25) is 0 Å². The quantitative estimate of drug-likeness (QED) is 0.841. The zero-order valence-electron chi connectivity index (χ0n) is 8.77. The third kappa shape index (κ3) is 1.73. The second-order valence-corrected chi connectivity index (χ2v) is 5.30. The minimum absolute atomic E-state index is 0.303. The first kappa shape index (κ1) is 10.5. The van der Waals surface area contributed by atoms with Crippen LogP contribution in [0.1, 0.15) is 6.42 Å². The second kappa shape index (κ2) is 3.68. The van der Waals surface area contributed by atoms with Crippen molar-refractivity contribution >= 4 is 21.7 Å². The SMILES string of the molecule is OC1CC12CN(c1cc(Br)ccn1)CCO2. The molecule has 2 unspecified atom stereocenters. The molecule has 1 N–H and O–H groups in total. The van der Waals surface area contributed by atoms with Gasteiger partial charge in [-0.1, -0.05) is 15.9 Å².